The summed E-state index contributed by atoms with van der Waals surface area (Å²) in [5.41, 5.74) is 0. The van der Waals surface area contributed by atoms with Crippen LogP contribution in [0.2, 0.25) is 0 Å². The smallest absolute Gasteiger partial charge is 0.305 e. The van der Waals surface area contributed by atoms with Crippen molar-refractivity contribution in [3.05, 3.63) is 24.3 Å². The third kappa shape index (κ3) is 63.4. The number of carbonyl (C=O) groups is 2. The summed E-state index contributed by atoms with van der Waals surface area (Å²) in [5, 5.41) is 23.3. The highest BCUT2D eigenvalue weighted by Crippen LogP contribution is 2.19. The Morgan fingerprint density at radius 2 is 0.649 bits per heavy atom. The van der Waals surface area contributed by atoms with Crippen LogP contribution >= 0.6 is 0 Å². The molecule has 0 rings (SSSR count). The molecule has 77 heavy (non-hydrogen) atoms. The highest BCUT2D eigenvalue weighted by molar-refractivity contribution is 5.76. The first kappa shape index (κ1) is 75.3. The van der Waals surface area contributed by atoms with Gasteiger partial charge in [0, 0.05) is 12.8 Å². The zero-order chi connectivity index (χ0) is 55.7. The lowest BCUT2D eigenvalue weighted by Gasteiger charge is -2.22. The number of allylic oxidation sites excluding steroid dienone is 4. The first-order valence-electron chi connectivity index (χ1n) is 35.1. The molecule has 0 aliphatic rings. The van der Waals surface area contributed by atoms with Crippen LogP contribution in [0.1, 0.15) is 393 Å². The van der Waals surface area contributed by atoms with E-state index in [9.17, 15) is 19.8 Å². The first-order chi connectivity index (χ1) is 38.0. The molecule has 6 heteroatoms. The number of amides is 1. The summed E-state index contributed by atoms with van der Waals surface area (Å²) < 4.78 is 5.50. The van der Waals surface area contributed by atoms with Gasteiger partial charge in [-0.2, -0.15) is 0 Å². The molecule has 0 radical (unpaired) electrons. The zero-order valence-electron chi connectivity index (χ0n) is 52.2. The number of esters is 1. The number of carbonyl (C=O) groups excluding carboxylic acids is 2. The van der Waals surface area contributed by atoms with Crippen molar-refractivity contribution in [2.45, 2.75) is 405 Å². The van der Waals surface area contributed by atoms with Crippen molar-refractivity contribution in [1.29, 1.82) is 0 Å². The lowest BCUT2D eigenvalue weighted by atomic mass is 10.0. The molecule has 456 valence electrons. The number of hydrogen-bond donors (Lipinski definition) is 3. The summed E-state index contributed by atoms with van der Waals surface area (Å²) in [6.45, 7) is 4.98. The Balaban J connectivity index is 3.36. The molecule has 0 saturated heterocycles. The van der Waals surface area contributed by atoms with E-state index in [4.69, 9.17) is 4.74 Å². The first-order valence-corrected chi connectivity index (χ1v) is 35.1. The summed E-state index contributed by atoms with van der Waals surface area (Å²) >= 11 is 0. The van der Waals surface area contributed by atoms with E-state index in [-0.39, 0.29) is 18.5 Å². The summed E-state index contributed by atoms with van der Waals surface area (Å²) in [5.74, 6) is -0.0152. The predicted octanol–water partition coefficient (Wildman–Crippen LogP) is 22.5. The second-order valence-electron chi connectivity index (χ2n) is 24.2. The van der Waals surface area contributed by atoms with Gasteiger partial charge in [0.2, 0.25) is 5.91 Å². The Morgan fingerprint density at radius 1 is 0.364 bits per heavy atom. The Morgan fingerprint density at radius 3 is 0.987 bits per heavy atom. The Bertz CT molecular complexity index is 1200. The van der Waals surface area contributed by atoms with Gasteiger partial charge < -0.3 is 20.3 Å². The molecule has 0 heterocycles. The lowest BCUT2D eigenvalue weighted by molar-refractivity contribution is -0.143. The fraction of sp³-hybridized carbons (Fsp3) is 0.915. The molecule has 2 atom stereocenters. The molecule has 0 fully saturated rings. The van der Waals surface area contributed by atoms with E-state index in [1.807, 2.05) is 0 Å². The third-order valence-corrected chi connectivity index (χ3v) is 16.5. The van der Waals surface area contributed by atoms with Crippen molar-refractivity contribution in [3.8, 4) is 0 Å². The van der Waals surface area contributed by atoms with Gasteiger partial charge in [-0.1, -0.05) is 346 Å². The van der Waals surface area contributed by atoms with Gasteiger partial charge in [0.05, 0.1) is 25.4 Å². The minimum Gasteiger partial charge on any atom is -0.466 e. The normalized spacial score (nSPS) is 12.6. The molecule has 2 unspecified atom stereocenters. The van der Waals surface area contributed by atoms with E-state index >= 15 is 0 Å². The van der Waals surface area contributed by atoms with Gasteiger partial charge in [-0.05, 0) is 57.8 Å². The molecule has 0 aromatic heterocycles. The van der Waals surface area contributed by atoms with Crippen molar-refractivity contribution in [1.82, 2.24) is 5.32 Å². The van der Waals surface area contributed by atoms with Gasteiger partial charge in [0.1, 0.15) is 0 Å². The molecule has 0 aromatic rings. The predicted molar refractivity (Wildman–Crippen MR) is 338 cm³/mol. The number of aliphatic hydroxyl groups excluding tert-OH is 2. The van der Waals surface area contributed by atoms with E-state index in [0.717, 1.165) is 44.9 Å². The molecular weight excluding hydrogens is 947 g/mol. The van der Waals surface area contributed by atoms with E-state index in [1.54, 1.807) is 0 Å². The van der Waals surface area contributed by atoms with Crippen LogP contribution in [-0.4, -0.2) is 47.4 Å². The van der Waals surface area contributed by atoms with Crippen LogP contribution in [0.3, 0.4) is 0 Å². The Hall–Kier alpha value is -1.66. The Labute approximate surface area is 481 Å². The molecule has 0 aliphatic carbocycles. The Kier molecular flexibility index (Phi) is 65.4. The van der Waals surface area contributed by atoms with Crippen molar-refractivity contribution in [2.75, 3.05) is 13.2 Å². The third-order valence-electron chi connectivity index (χ3n) is 16.5. The van der Waals surface area contributed by atoms with E-state index in [2.05, 4.69) is 43.5 Å². The van der Waals surface area contributed by atoms with Crippen LogP contribution in [0.15, 0.2) is 24.3 Å². The fourth-order valence-electron chi connectivity index (χ4n) is 11.1. The summed E-state index contributed by atoms with van der Waals surface area (Å²) in [7, 11) is 0. The SMILES string of the molecule is CCCCCCCCCCCCCCCCCCC(=O)OCCCCCCCCCCC/C=C\C/C=C\CCCCCCCCCCCCCCCCCC(=O)NC(CO)C(O)CCCCCCCCCCCCCCC. The average molecular weight is 1080 g/mol. The zero-order valence-corrected chi connectivity index (χ0v) is 52.2. The van der Waals surface area contributed by atoms with Gasteiger partial charge in [0.15, 0.2) is 0 Å². The molecular formula is C71H137NO5. The quantitative estimate of drug-likeness (QED) is 0.0320. The number of nitrogens with one attached hydrogen (secondary N) is 1. The molecule has 0 bridgehead atoms. The number of hydrogen-bond acceptors (Lipinski definition) is 5. The lowest BCUT2D eigenvalue weighted by Crippen LogP contribution is -2.45. The van der Waals surface area contributed by atoms with Crippen LogP contribution in [0.25, 0.3) is 0 Å². The minimum atomic E-state index is -0.663. The highest BCUT2D eigenvalue weighted by Gasteiger charge is 2.20. The van der Waals surface area contributed by atoms with E-state index in [0.29, 0.717) is 25.9 Å². The van der Waals surface area contributed by atoms with Crippen molar-refractivity contribution in [3.63, 3.8) is 0 Å². The number of unbranched alkanes of at least 4 members (excludes halogenated alkanes) is 51. The summed E-state index contributed by atoms with van der Waals surface area (Å²) in [6.07, 6.45) is 83.7. The standard InChI is InChI=1S/C71H137NO5/c1-3-5-7-9-11-13-15-17-18-37-41-45-49-53-57-61-65-71(76)77-66-62-58-54-50-46-42-38-35-33-31-29-27-25-23-21-19-20-22-24-26-28-30-32-34-36-40-44-48-52-56-60-64-70(75)72-68(67-73)69(74)63-59-55-51-47-43-39-16-14-12-10-8-6-4-2/h21,23,27,29,68-69,73-74H,3-20,22,24-26,28,30-67H2,1-2H3,(H,72,75)/b23-21-,29-27-. The van der Waals surface area contributed by atoms with Gasteiger partial charge in [0.25, 0.3) is 0 Å². The number of ether oxygens (including phenoxy) is 1. The molecule has 0 aliphatic heterocycles. The molecule has 0 saturated carbocycles. The average Bonchev–Trinajstić information content (AvgIpc) is 3.43. The maximum absolute atomic E-state index is 12.5. The topological polar surface area (TPSA) is 95.9 Å². The van der Waals surface area contributed by atoms with Crippen LogP contribution in [0, 0.1) is 0 Å². The largest absolute Gasteiger partial charge is 0.466 e. The highest BCUT2D eigenvalue weighted by atomic mass is 16.5. The molecule has 6 nitrogen and oxygen atoms in total. The van der Waals surface area contributed by atoms with E-state index < -0.39 is 12.1 Å². The molecule has 0 spiro atoms. The van der Waals surface area contributed by atoms with Crippen LogP contribution < -0.4 is 5.32 Å². The number of rotatable bonds is 66. The summed E-state index contributed by atoms with van der Waals surface area (Å²) in [6, 6.07) is -0.540. The van der Waals surface area contributed by atoms with E-state index in [1.165, 1.54) is 315 Å². The monoisotopic (exact) mass is 1080 g/mol. The van der Waals surface area contributed by atoms with Gasteiger partial charge in [-0.3, -0.25) is 9.59 Å². The maximum atomic E-state index is 12.5. The second-order valence-corrected chi connectivity index (χ2v) is 24.2. The van der Waals surface area contributed by atoms with Crippen LogP contribution in [0.5, 0.6) is 0 Å². The number of aliphatic hydroxyl groups is 2. The van der Waals surface area contributed by atoms with Crippen molar-refractivity contribution < 1.29 is 24.5 Å². The summed E-state index contributed by atoms with van der Waals surface area (Å²) in [4.78, 5) is 24.6. The minimum absolute atomic E-state index is 0.0173. The second kappa shape index (κ2) is 66.8. The van der Waals surface area contributed by atoms with Crippen molar-refractivity contribution >= 4 is 11.9 Å². The van der Waals surface area contributed by atoms with Gasteiger partial charge in [-0.15, -0.1) is 0 Å². The fourth-order valence-corrected chi connectivity index (χ4v) is 11.1. The van der Waals surface area contributed by atoms with Crippen LogP contribution in [0.4, 0.5) is 0 Å². The molecule has 1 amide bonds. The van der Waals surface area contributed by atoms with Crippen LogP contribution in [-0.2, 0) is 14.3 Å². The maximum Gasteiger partial charge on any atom is 0.305 e. The van der Waals surface area contributed by atoms with Gasteiger partial charge >= 0.3 is 5.97 Å². The van der Waals surface area contributed by atoms with Crippen molar-refractivity contribution in [2.24, 2.45) is 0 Å². The molecule has 0 aromatic carbocycles. The molecule has 3 N–H and O–H groups in total. The van der Waals surface area contributed by atoms with Gasteiger partial charge in [-0.25, -0.2) is 0 Å².